The van der Waals surface area contributed by atoms with Crippen LogP contribution in [0.1, 0.15) is 28.6 Å². The molecule has 4 nitrogen and oxygen atoms in total. The summed E-state index contributed by atoms with van der Waals surface area (Å²) in [5, 5.41) is 5.05. The van der Waals surface area contributed by atoms with E-state index in [9.17, 15) is 4.39 Å². The Morgan fingerprint density at radius 3 is 2.75 bits per heavy atom. The van der Waals surface area contributed by atoms with E-state index in [1.807, 2.05) is 27.1 Å². The van der Waals surface area contributed by atoms with E-state index in [1.54, 1.807) is 10.7 Å². The number of rotatable bonds is 2. The molecule has 0 fully saturated rings. The molecule has 2 heterocycles. The second-order valence-corrected chi connectivity index (χ2v) is 5.05. The van der Waals surface area contributed by atoms with E-state index in [2.05, 4.69) is 5.10 Å². The molecule has 0 saturated heterocycles. The number of hydrogen-bond acceptors (Lipinski definition) is 3. The Hall–Kier alpha value is -2.14. The minimum atomic E-state index is -0.404. The Bertz CT molecular complexity index is 788. The molecule has 5 heteroatoms. The molecule has 0 aliphatic heterocycles. The highest BCUT2D eigenvalue weighted by Gasteiger charge is 2.21. The van der Waals surface area contributed by atoms with E-state index < -0.39 is 6.04 Å². The Morgan fingerprint density at radius 1 is 1.35 bits per heavy atom. The summed E-state index contributed by atoms with van der Waals surface area (Å²) in [5.74, 6) is 0.376. The zero-order valence-electron chi connectivity index (χ0n) is 11.6. The smallest absolute Gasteiger partial charge is 0.134 e. The Balaban J connectivity index is 2.14. The van der Waals surface area contributed by atoms with Crippen molar-refractivity contribution >= 4 is 11.0 Å². The third-order valence-corrected chi connectivity index (χ3v) is 3.60. The molecule has 0 bridgehead atoms. The lowest BCUT2D eigenvalue weighted by Crippen LogP contribution is -2.12. The van der Waals surface area contributed by atoms with Crippen molar-refractivity contribution < 1.29 is 8.81 Å². The predicted octanol–water partition coefficient (Wildman–Crippen LogP) is 2.97. The van der Waals surface area contributed by atoms with Gasteiger partial charge in [-0.15, -0.1) is 0 Å². The van der Waals surface area contributed by atoms with Gasteiger partial charge >= 0.3 is 0 Å². The first-order valence-electron chi connectivity index (χ1n) is 6.41. The first-order chi connectivity index (χ1) is 9.47. The third-order valence-electron chi connectivity index (χ3n) is 3.60. The van der Waals surface area contributed by atoms with Gasteiger partial charge in [0.05, 0.1) is 11.7 Å². The van der Waals surface area contributed by atoms with Crippen molar-refractivity contribution in [2.75, 3.05) is 0 Å². The van der Waals surface area contributed by atoms with Gasteiger partial charge in [-0.2, -0.15) is 5.10 Å². The summed E-state index contributed by atoms with van der Waals surface area (Å²) in [4.78, 5) is 0. The fourth-order valence-corrected chi connectivity index (χ4v) is 2.57. The van der Waals surface area contributed by atoms with Crippen LogP contribution in [0.25, 0.3) is 11.0 Å². The van der Waals surface area contributed by atoms with Crippen molar-refractivity contribution in [1.82, 2.24) is 9.78 Å². The van der Waals surface area contributed by atoms with Gasteiger partial charge in [0.2, 0.25) is 0 Å². The number of aryl methyl sites for hydroxylation is 3. The van der Waals surface area contributed by atoms with E-state index in [-0.39, 0.29) is 5.82 Å². The van der Waals surface area contributed by atoms with Crippen molar-refractivity contribution in [1.29, 1.82) is 0 Å². The summed E-state index contributed by atoms with van der Waals surface area (Å²) in [6.45, 7) is 3.80. The van der Waals surface area contributed by atoms with Crippen LogP contribution in [0.2, 0.25) is 0 Å². The van der Waals surface area contributed by atoms with Gasteiger partial charge in [0, 0.05) is 29.8 Å². The molecule has 0 radical (unpaired) electrons. The summed E-state index contributed by atoms with van der Waals surface area (Å²) in [7, 11) is 1.85. The Kier molecular flexibility index (Phi) is 2.87. The molecule has 3 aromatic rings. The van der Waals surface area contributed by atoms with E-state index in [1.165, 1.54) is 12.1 Å². The molecule has 0 aliphatic rings. The number of fused-ring (bicyclic) bond motifs is 1. The molecule has 20 heavy (non-hydrogen) atoms. The monoisotopic (exact) mass is 273 g/mol. The SMILES string of the molecule is Cc1nn(C)cc1C(N)c1oc2ccc(F)cc2c1C. The lowest BCUT2D eigenvalue weighted by Gasteiger charge is -2.08. The maximum absolute atomic E-state index is 13.3. The maximum Gasteiger partial charge on any atom is 0.134 e. The van der Waals surface area contributed by atoms with Gasteiger partial charge in [-0.05, 0) is 32.0 Å². The van der Waals surface area contributed by atoms with Crippen LogP contribution >= 0.6 is 0 Å². The lowest BCUT2D eigenvalue weighted by molar-refractivity contribution is 0.520. The van der Waals surface area contributed by atoms with Crippen molar-refractivity contribution in [3.8, 4) is 0 Å². The average molecular weight is 273 g/mol. The van der Waals surface area contributed by atoms with Gasteiger partial charge in [0.1, 0.15) is 17.2 Å². The molecule has 1 atom stereocenters. The van der Waals surface area contributed by atoms with Crippen LogP contribution in [0.4, 0.5) is 4.39 Å². The highest BCUT2D eigenvalue weighted by Crippen LogP contribution is 2.32. The van der Waals surface area contributed by atoms with Gasteiger partial charge in [-0.1, -0.05) is 0 Å². The van der Waals surface area contributed by atoms with Crippen LogP contribution in [-0.4, -0.2) is 9.78 Å². The standard InChI is InChI=1S/C15H16FN3O/c1-8-11-6-10(16)4-5-13(11)20-15(8)14(17)12-7-19(3)18-9(12)2/h4-7,14H,17H2,1-3H3. The van der Waals surface area contributed by atoms with E-state index in [0.29, 0.717) is 11.3 Å². The molecule has 0 amide bonds. The molecule has 2 aromatic heterocycles. The second kappa shape index (κ2) is 4.45. The van der Waals surface area contributed by atoms with E-state index in [0.717, 1.165) is 22.2 Å². The van der Waals surface area contributed by atoms with Gasteiger partial charge in [0.15, 0.2) is 0 Å². The number of hydrogen-bond donors (Lipinski definition) is 1. The highest BCUT2D eigenvalue weighted by molar-refractivity contribution is 5.82. The fraction of sp³-hybridized carbons (Fsp3) is 0.267. The molecule has 2 N–H and O–H groups in total. The fourth-order valence-electron chi connectivity index (χ4n) is 2.57. The molecule has 0 spiro atoms. The van der Waals surface area contributed by atoms with Gasteiger partial charge in [-0.25, -0.2) is 4.39 Å². The van der Waals surface area contributed by atoms with Crippen molar-refractivity contribution in [3.63, 3.8) is 0 Å². The Morgan fingerprint density at radius 2 is 2.10 bits per heavy atom. The molecule has 0 saturated carbocycles. The van der Waals surface area contributed by atoms with E-state index >= 15 is 0 Å². The first kappa shape index (κ1) is 12.9. The number of halogens is 1. The van der Waals surface area contributed by atoms with Crippen LogP contribution in [0.3, 0.4) is 0 Å². The number of furan rings is 1. The largest absolute Gasteiger partial charge is 0.459 e. The second-order valence-electron chi connectivity index (χ2n) is 5.05. The maximum atomic E-state index is 13.3. The molecule has 104 valence electrons. The number of nitrogens with zero attached hydrogens (tertiary/aromatic N) is 2. The molecular weight excluding hydrogens is 257 g/mol. The normalized spacial score (nSPS) is 13.1. The summed E-state index contributed by atoms with van der Waals surface area (Å²) in [6, 6.07) is 4.08. The molecule has 1 aromatic carbocycles. The minimum Gasteiger partial charge on any atom is -0.459 e. The molecule has 1 unspecified atom stereocenters. The van der Waals surface area contributed by atoms with Crippen LogP contribution in [0, 0.1) is 19.7 Å². The highest BCUT2D eigenvalue weighted by atomic mass is 19.1. The topological polar surface area (TPSA) is 57.0 Å². The minimum absolute atomic E-state index is 0.279. The number of nitrogens with two attached hydrogens (primary N) is 1. The summed E-state index contributed by atoms with van der Waals surface area (Å²) in [5.41, 5.74) is 9.59. The van der Waals surface area contributed by atoms with Crippen molar-refractivity contribution in [3.05, 3.63) is 52.8 Å². The zero-order chi connectivity index (χ0) is 14.4. The van der Waals surface area contributed by atoms with Crippen LogP contribution in [0.5, 0.6) is 0 Å². The quantitative estimate of drug-likeness (QED) is 0.781. The van der Waals surface area contributed by atoms with E-state index in [4.69, 9.17) is 10.2 Å². The van der Waals surface area contributed by atoms with Gasteiger partial charge in [0.25, 0.3) is 0 Å². The molecular formula is C15H16FN3O. The van der Waals surface area contributed by atoms with Crippen LogP contribution in [0.15, 0.2) is 28.8 Å². The number of aromatic nitrogens is 2. The van der Waals surface area contributed by atoms with Crippen molar-refractivity contribution in [2.24, 2.45) is 12.8 Å². The first-order valence-corrected chi connectivity index (χ1v) is 6.41. The summed E-state index contributed by atoms with van der Waals surface area (Å²) in [6.07, 6.45) is 1.88. The summed E-state index contributed by atoms with van der Waals surface area (Å²) < 4.78 is 20.9. The molecule has 0 aliphatic carbocycles. The van der Waals surface area contributed by atoms with Crippen molar-refractivity contribution in [2.45, 2.75) is 19.9 Å². The lowest BCUT2D eigenvalue weighted by atomic mass is 10.0. The zero-order valence-corrected chi connectivity index (χ0v) is 11.6. The number of benzene rings is 1. The Labute approximate surface area is 116 Å². The molecule has 3 rings (SSSR count). The van der Waals surface area contributed by atoms with Crippen LogP contribution < -0.4 is 5.73 Å². The summed E-state index contributed by atoms with van der Waals surface area (Å²) >= 11 is 0. The average Bonchev–Trinajstić information content (AvgIpc) is 2.90. The third kappa shape index (κ3) is 1.91. The van der Waals surface area contributed by atoms with Crippen LogP contribution in [-0.2, 0) is 7.05 Å². The van der Waals surface area contributed by atoms with Gasteiger partial charge in [-0.3, -0.25) is 4.68 Å². The van der Waals surface area contributed by atoms with Gasteiger partial charge < -0.3 is 10.2 Å². The predicted molar refractivity (Wildman–Crippen MR) is 74.9 cm³/mol.